The molecule has 1 heterocycles. The lowest BCUT2D eigenvalue weighted by Crippen LogP contribution is -2.34. The molecule has 1 amide bonds. The van der Waals surface area contributed by atoms with E-state index in [1.807, 2.05) is 13.8 Å². The summed E-state index contributed by atoms with van der Waals surface area (Å²) in [6.45, 7) is 4.72. The molecule has 98 valence electrons. The number of nitrogens with two attached hydrogens (primary N) is 1. The molecule has 0 unspecified atom stereocenters. The summed E-state index contributed by atoms with van der Waals surface area (Å²) in [5.41, 5.74) is 6.79. The van der Waals surface area contributed by atoms with Crippen LogP contribution in [0.2, 0.25) is 0 Å². The summed E-state index contributed by atoms with van der Waals surface area (Å²) in [6, 6.07) is 3.54. The van der Waals surface area contributed by atoms with Gasteiger partial charge in [0.15, 0.2) is 0 Å². The molecule has 18 heavy (non-hydrogen) atoms. The van der Waals surface area contributed by atoms with E-state index in [1.165, 1.54) is 0 Å². The Balaban J connectivity index is 2.70. The van der Waals surface area contributed by atoms with Crippen LogP contribution in [0.25, 0.3) is 0 Å². The third kappa shape index (κ3) is 3.73. The average Bonchev–Trinajstić information content (AvgIpc) is 2.39. The second-order valence-electron chi connectivity index (χ2n) is 3.91. The minimum atomic E-state index is -0.101. The van der Waals surface area contributed by atoms with Crippen molar-refractivity contribution >= 4 is 11.7 Å². The molecule has 0 aliphatic rings. The predicted molar refractivity (Wildman–Crippen MR) is 68.6 cm³/mol. The third-order valence-corrected chi connectivity index (χ3v) is 2.59. The molecule has 6 heteroatoms. The molecule has 1 aromatic heterocycles. The maximum atomic E-state index is 12.1. The van der Waals surface area contributed by atoms with Gasteiger partial charge in [0, 0.05) is 31.4 Å². The zero-order chi connectivity index (χ0) is 13.5. The van der Waals surface area contributed by atoms with E-state index in [-0.39, 0.29) is 11.7 Å². The van der Waals surface area contributed by atoms with E-state index in [9.17, 15) is 4.79 Å². The monoisotopic (exact) mass is 250 g/mol. The molecule has 0 saturated carbocycles. The second kappa shape index (κ2) is 6.58. The first kappa shape index (κ1) is 14.0. The first-order valence-corrected chi connectivity index (χ1v) is 5.76. The standard InChI is InChI=1S/C12H18N4O2/c1-3-16(7-6-11(13)15-18)12(17)10-5-4-9(2)14-8-10/h4-5,8,18H,3,6-7H2,1-2H3,(H2,13,15). The fourth-order valence-corrected chi connectivity index (χ4v) is 1.48. The van der Waals surface area contributed by atoms with Crippen LogP contribution in [-0.2, 0) is 0 Å². The Morgan fingerprint density at radius 2 is 2.28 bits per heavy atom. The summed E-state index contributed by atoms with van der Waals surface area (Å²) in [5, 5.41) is 11.3. The fraction of sp³-hybridized carbons (Fsp3) is 0.417. The quantitative estimate of drug-likeness (QED) is 0.353. The molecule has 0 aromatic carbocycles. The number of oxime groups is 1. The van der Waals surface area contributed by atoms with Crippen LogP contribution in [0, 0.1) is 6.92 Å². The van der Waals surface area contributed by atoms with Crippen molar-refractivity contribution in [3.8, 4) is 0 Å². The van der Waals surface area contributed by atoms with E-state index in [0.717, 1.165) is 5.69 Å². The average molecular weight is 250 g/mol. The highest BCUT2D eigenvalue weighted by Gasteiger charge is 2.14. The summed E-state index contributed by atoms with van der Waals surface area (Å²) >= 11 is 0. The minimum Gasteiger partial charge on any atom is -0.409 e. The number of carbonyl (C=O) groups excluding carboxylic acids is 1. The van der Waals surface area contributed by atoms with Crippen LogP contribution in [0.5, 0.6) is 0 Å². The van der Waals surface area contributed by atoms with Crippen LogP contribution in [0.1, 0.15) is 29.4 Å². The Bertz CT molecular complexity index is 428. The zero-order valence-corrected chi connectivity index (χ0v) is 10.6. The van der Waals surface area contributed by atoms with Crippen LogP contribution in [0.3, 0.4) is 0 Å². The maximum absolute atomic E-state index is 12.1. The Labute approximate surface area is 106 Å². The molecule has 1 rings (SSSR count). The maximum Gasteiger partial charge on any atom is 0.255 e. The normalized spacial score (nSPS) is 11.3. The Morgan fingerprint density at radius 1 is 1.56 bits per heavy atom. The topological polar surface area (TPSA) is 91.8 Å². The van der Waals surface area contributed by atoms with E-state index in [0.29, 0.717) is 25.1 Å². The number of rotatable bonds is 5. The van der Waals surface area contributed by atoms with Crippen molar-refractivity contribution in [2.24, 2.45) is 10.9 Å². The van der Waals surface area contributed by atoms with Gasteiger partial charge in [0.2, 0.25) is 0 Å². The fourth-order valence-electron chi connectivity index (χ4n) is 1.48. The number of aromatic nitrogens is 1. The zero-order valence-electron chi connectivity index (χ0n) is 10.6. The molecule has 0 fully saturated rings. The van der Waals surface area contributed by atoms with E-state index < -0.39 is 0 Å². The van der Waals surface area contributed by atoms with E-state index in [4.69, 9.17) is 10.9 Å². The van der Waals surface area contributed by atoms with Crippen molar-refractivity contribution in [1.29, 1.82) is 0 Å². The first-order chi connectivity index (χ1) is 8.58. The van der Waals surface area contributed by atoms with Crippen LogP contribution in [0.4, 0.5) is 0 Å². The molecular formula is C12H18N4O2. The molecule has 0 bridgehead atoms. The summed E-state index contributed by atoms with van der Waals surface area (Å²) in [5.74, 6) is 0.0130. The number of amidine groups is 1. The van der Waals surface area contributed by atoms with Gasteiger partial charge in [-0.25, -0.2) is 0 Å². The highest BCUT2D eigenvalue weighted by Crippen LogP contribution is 2.05. The highest BCUT2D eigenvalue weighted by molar-refractivity contribution is 5.94. The largest absolute Gasteiger partial charge is 0.409 e. The predicted octanol–water partition coefficient (Wildman–Crippen LogP) is 0.989. The van der Waals surface area contributed by atoms with Gasteiger partial charge in [0.25, 0.3) is 5.91 Å². The van der Waals surface area contributed by atoms with Gasteiger partial charge in [-0.1, -0.05) is 5.16 Å². The molecule has 0 aliphatic heterocycles. The van der Waals surface area contributed by atoms with E-state index >= 15 is 0 Å². The van der Waals surface area contributed by atoms with E-state index in [1.54, 1.807) is 23.2 Å². The molecule has 0 radical (unpaired) electrons. The van der Waals surface area contributed by atoms with Gasteiger partial charge in [-0.05, 0) is 26.0 Å². The number of pyridine rings is 1. The number of carbonyl (C=O) groups is 1. The van der Waals surface area contributed by atoms with Crippen molar-refractivity contribution in [2.45, 2.75) is 20.3 Å². The lowest BCUT2D eigenvalue weighted by atomic mass is 10.2. The van der Waals surface area contributed by atoms with Gasteiger partial charge < -0.3 is 15.8 Å². The summed E-state index contributed by atoms with van der Waals surface area (Å²) < 4.78 is 0. The number of hydrogen-bond donors (Lipinski definition) is 2. The number of amides is 1. The lowest BCUT2D eigenvalue weighted by molar-refractivity contribution is 0.0768. The lowest BCUT2D eigenvalue weighted by Gasteiger charge is -2.20. The Hall–Kier alpha value is -2.11. The molecule has 6 nitrogen and oxygen atoms in total. The highest BCUT2D eigenvalue weighted by atomic mass is 16.4. The minimum absolute atomic E-state index is 0.101. The number of nitrogens with zero attached hydrogens (tertiary/aromatic N) is 3. The van der Waals surface area contributed by atoms with Crippen molar-refractivity contribution in [1.82, 2.24) is 9.88 Å². The molecule has 3 N–H and O–H groups in total. The summed E-state index contributed by atoms with van der Waals surface area (Å²) in [6.07, 6.45) is 1.90. The third-order valence-electron chi connectivity index (χ3n) is 2.59. The molecule has 0 saturated heterocycles. The Kier molecular flexibility index (Phi) is 5.10. The summed E-state index contributed by atoms with van der Waals surface area (Å²) in [7, 11) is 0. The van der Waals surface area contributed by atoms with Gasteiger partial charge in [-0.15, -0.1) is 0 Å². The van der Waals surface area contributed by atoms with Gasteiger partial charge in [-0.3, -0.25) is 9.78 Å². The Morgan fingerprint density at radius 3 is 2.78 bits per heavy atom. The van der Waals surface area contributed by atoms with Crippen molar-refractivity contribution in [2.75, 3.05) is 13.1 Å². The molecule has 0 spiro atoms. The first-order valence-electron chi connectivity index (χ1n) is 5.76. The number of aryl methyl sites for hydroxylation is 1. The van der Waals surface area contributed by atoms with Crippen molar-refractivity contribution in [3.63, 3.8) is 0 Å². The number of hydrogen-bond acceptors (Lipinski definition) is 4. The van der Waals surface area contributed by atoms with Crippen LogP contribution in [-0.4, -0.2) is 39.9 Å². The van der Waals surface area contributed by atoms with E-state index in [2.05, 4.69) is 10.1 Å². The molecular weight excluding hydrogens is 232 g/mol. The van der Waals surface area contributed by atoms with Gasteiger partial charge in [0.05, 0.1) is 5.56 Å². The molecule has 1 aromatic rings. The molecule has 0 aliphatic carbocycles. The molecule has 0 atom stereocenters. The van der Waals surface area contributed by atoms with Crippen molar-refractivity contribution in [3.05, 3.63) is 29.6 Å². The SMILES string of the molecule is CCN(CCC(N)=NO)C(=O)c1ccc(C)nc1. The van der Waals surface area contributed by atoms with Gasteiger partial charge >= 0.3 is 0 Å². The van der Waals surface area contributed by atoms with Crippen molar-refractivity contribution < 1.29 is 10.0 Å². The van der Waals surface area contributed by atoms with Crippen LogP contribution in [0.15, 0.2) is 23.5 Å². The van der Waals surface area contributed by atoms with Crippen LogP contribution >= 0.6 is 0 Å². The second-order valence-corrected chi connectivity index (χ2v) is 3.91. The van der Waals surface area contributed by atoms with Gasteiger partial charge in [0.1, 0.15) is 5.84 Å². The van der Waals surface area contributed by atoms with Crippen LogP contribution < -0.4 is 5.73 Å². The smallest absolute Gasteiger partial charge is 0.255 e. The summed E-state index contributed by atoms with van der Waals surface area (Å²) in [4.78, 5) is 17.9. The van der Waals surface area contributed by atoms with Gasteiger partial charge in [-0.2, -0.15) is 0 Å².